The van der Waals surface area contributed by atoms with Gasteiger partial charge in [-0.1, -0.05) is 13.0 Å². The second-order valence-corrected chi connectivity index (χ2v) is 4.06. The maximum absolute atomic E-state index is 11.4. The van der Waals surface area contributed by atoms with E-state index in [0.717, 1.165) is 12.1 Å². The van der Waals surface area contributed by atoms with Crippen LogP contribution in [-0.4, -0.2) is 21.7 Å². The van der Waals surface area contributed by atoms with Gasteiger partial charge in [0.2, 0.25) is 11.8 Å². The Balaban J connectivity index is 1.93. The summed E-state index contributed by atoms with van der Waals surface area (Å²) < 4.78 is 0. The average molecular weight is 231 g/mol. The highest BCUT2D eigenvalue weighted by Crippen LogP contribution is 2.15. The van der Waals surface area contributed by atoms with Gasteiger partial charge in [0, 0.05) is 31.2 Å². The number of nitrogens with zero attached hydrogens (tertiary/aromatic N) is 2. The van der Waals surface area contributed by atoms with Gasteiger partial charge in [0.1, 0.15) is 0 Å². The van der Waals surface area contributed by atoms with Crippen molar-refractivity contribution in [2.45, 2.75) is 32.6 Å². The molecule has 1 radical (unpaired) electrons. The van der Waals surface area contributed by atoms with Crippen LogP contribution >= 0.6 is 0 Å². The van der Waals surface area contributed by atoms with E-state index >= 15 is 0 Å². The zero-order valence-electron chi connectivity index (χ0n) is 9.85. The first-order chi connectivity index (χ1) is 8.20. The molecule has 0 atom stereocenters. The molecule has 17 heavy (non-hydrogen) atoms. The van der Waals surface area contributed by atoms with Gasteiger partial charge in [0.05, 0.1) is 6.54 Å². The van der Waals surface area contributed by atoms with E-state index in [-0.39, 0.29) is 11.8 Å². The number of rotatable bonds is 4. The Kier molecular flexibility index (Phi) is 3.52. The number of likely N-dealkylation sites (tertiary alicyclic amines) is 1. The number of hydrogen-bond acceptors (Lipinski definition) is 3. The average Bonchev–Trinajstić information content (AvgIpc) is 2.67. The SMILES string of the molecule is CCc1ccc(C[CH]N2C(=O)CCC2=O)nc1. The Morgan fingerprint density at radius 1 is 1.29 bits per heavy atom. The van der Waals surface area contributed by atoms with E-state index in [4.69, 9.17) is 0 Å². The first-order valence-corrected chi connectivity index (χ1v) is 5.82. The third kappa shape index (κ3) is 2.70. The Morgan fingerprint density at radius 2 is 2.00 bits per heavy atom. The lowest BCUT2D eigenvalue weighted by Crippen LogP contribution is -2.27. The summed E-state index contributed by atoms with van der Waals surface area (Å²) in [5.74, 6) is -0.222. The molecule has 0 aliphatic carbocycles. The summed E-state index contributed by atoms with van der Waals surface area (Å²) in [6.07, 6.45) is 3.97. The smallest absolute Gasteiger partial charge is 0.230 e. The second-order valence-electron chi connectivity index (χ2n) is 4.06. The van der Waals surface area contributed by atoms with Crippen molar-refractivity contribution in [2.24, 2.45) is 0 Å². The summed E-state index contributed by atoms with van der Waals surface area (Å²) >= 11 is 0. The van der Waals surface area contributed by atoms with Crippen LogP contribution < -0.4 is 0 Å². The van der Waals surface area contributed by atoms with Crippen LogP contribution in [0.25, 0.3) is 0 Å². The minimum absolute atomic E-state index is 0.111. The molecule has 89 valence electrons. The number of pyridine rings is 1. The first-order valence-electron chi connectivity index (χ1n) is 5.82. The number of imide groups is 1. The van der Waals surface area contributed by atoms with Gasteiger partial charge in [0.15, 0.2) is 0 Å². The molecule has 0 N–H and O–H groups in total. The van der Waals surface area contributed by atoms with Crippen LogP contribution in [0.15, 0.2) is 18.3 Å². The molecule has 2 amide bonds. The Hall–Kier alpha value is -1.71. The molecule has 1 aliphatic rings. The molecule has 1 aromatic rings. The molecule has 1 aliphatic heterocycles. The molecule has 2 rings (SSSR count). The van der Waals surface area contributed by atoms with Crippen LogP contribution in [0.5, 0.6) is 0 Å². The maximum Gasteiger partial charge on any atom is 0.230 e. The lowest BCUT2D eigenvalue weighted by molar-refractivity contribution is -0.136. The van der Waals surface area contributed by atoms with E-state index in [0.29, 0.717) is 19.3 Å². The molecule has 1 saturated heterocycles. The lowest BCUT2D eigenvalue weighted by atomic mass is 10.2. The van der Waals surface area contributed by atoms with Crippen LogP contribution in [0.4, 0.5) is 0 Å². The minimum atomic E-state index is -0.111. The van der Waals surface area contributed by atoms with Gasteiger partial charge in [0.25, 0.3) is 0 Å². The van der Waals surface area contributed by atoms with Crippen molar-refractivity contribution in [3.63, 3.8) is 0 Å². The zero-order chi connectivity index (χ0) is 12.3. The van der Waals surface area contributed by atoms with E-state index in [9.17, 15) is 9.59 Å². The normalized spacial score (nSPS) is 15.7. The van der Waals surface area contributed by atoms with Gasteiger partial charge < -0.3 is 0 Å². The summed E-state index contributed by atoms with van der Waals surface area (Å²) in [4.78, 5) is 28.2. The molecule has 0 unspecified atom stereocenters. The van der Waals surface area contributed by atoms with Crippen LogP contribution in [0, 0.1) is 6.54 Å². The molecular weight excluding hydrogens is 216 g/mol. The van der Waals surface area contributed by atoms with E-state index in [1.807, 2.05) is 18.3 Å². The maximum atomic E-state index is 11.4. The van der Waals surface area contributed by atoms with E-state index < -0.39 is 0 Å². The molecule has 2 heterocycles. The summed E-state index contributed by atoms with van der Waals surface area (Å²) in [5, 5.41) is 0. The largest absolute Gasteiger partial charge is 0.277 e. The quantitative estimate of drug-likeness (QED) is 0.738. The molecule has 0 saturated carbocycles. The van der Waals surface area contributed by atoms with Gasteiger partial charge in [-0.05, 0) is 18.1 Å². The van der Waals surface area contributed by atoms with Crippen molar-refractivity contribution in [1.29, 1.82) is 0 Å². The molecule has 0 bridgehead atoms. The Morgan fingerprint density at radius 3 is 2.53 bits per heavy atom. The third-order valence-electron chi connectivity index (χ3n) is 2.87. The predicted molar refractivity (Wildman–Crippen MR) is 62.7 cm³/mol. The number of carbonyl (C=O) groups is 2. The van der Waals surface area contributed by atoms with Gasteiger partial charge in [-0.15, -0.1) is 0 Å². The van der Waals surface area contributed by atoms with Crippen molar-refractivity contribution in [3.8, 4) is 0 Å². The number of amides is 2. The Bertz CT molecular complexity index is 410. The number of carbonyl (C=O) groups excluding carboxylic acids is 2. The molecule has 1 aromatic heterocycles. The van der Waals surface area contributed by atoms with E-state index in [1.165, 1.54) is 10.5 Å². The standard InChI is InChI=1S/C13H15N2O2/c1-2-10-3-4-11(14-9-10)7-8-15-12(16)5-6-13(15)17/h3-4,8-9H,2,5-7H2,1H3. The molecule has 1 fully saturated rings. The molecular formula is C13H15N2O2. The summed E-state index contributed by atoms with van der Waals surface area (Å²) in [5.41, 5.74) is 2.05. The van der Waals surface area contributed by atoms with Crippen LogP contribution in [0.2, 0.25) is 0 Å². The number of hydrogen-bond donors (Lipinski definition) is 0. The van der Waals surface area contributed by atoms with E-state index in [2.05, 4.69) is 11.9 Å². The first kappa shape index (κ1) is 11.8. The highest BCUT2D eigenvalue weighted by molar-refractivity contribution is 6.02. The van der Waals surface area contributed by atoms with Gasteiger partial charge in [-0.3, -0.25) is 19.5 Å². The van der Waals surface area contributed by atoms with Crippen molar-refractivity contribution in [2.75, 3.05) is 0 Å². The van der Waals surface area contributed by atoms with Crippen molar-refractivity contribution in [3.05, 3.63) is 36.1 Å². The van der Waals surface area contributed by atoms with Crippen LogP contribution in [-0.2, 0) is 22.4 Å². The number of aromatic nitrogens is 1. The fourth-order valence-electron chi connectivity index (χ4n) is 1.77. The summed E-state index contributed by atoms with van der Waals surface area (Å²) in [7, 11) is 0. The minimum Gasteiger partial charge on any atom is -0.277 e. The third-order valence-corrected chi connectivity index (χ3v) is 2.87. The highest BCUT2D eigenvalue weighted by Gasteiger charge is 2.28. The number of aryl methyl sites for hydroxylation is 1. The highest BCUT2D eigenvalue weighted by atomic mass is 16.2. The van der Waals surface area contributed by atoms with E-state index in [1.54, 1.807) is 6.54 Å². The summed E-state index contributed by atoms with van der Waals surface area (Å²) in [6, 6.07) is 3.95. The molecule has 0 aromatic carbocycles. The van der Waals surface area contributed by atoms with Gasteiger partial charge >= 0.3 is 0 Å². The summed E-state index contributed by atoms with van der Waals surface area (Å²) in [6.45, 7) is 3.70. The monoisotopic (exact) mass is 231 g/mol. The van der Waals surface area contributed by atoms with Crippen LogP contribution in [0.1, 0.15) is 31.0 Å². The molecule has 4 nitrogen and oxygen atoms in total. The molecule has 4 heteroatoms. The van der Waals surface area contributed by atoms with Crippen molar-refractivity contribution >= 4 is 11.8 Å². The van der Waals surface area contributed by atoms with Gasteiger partial charge in [-0.25, -0.2) is 0 Å². The lowest BCUT2D eigenvalue weighted by Gasteiger charge is -2.12. The fourth-order valence-corrected chi connectivity index (χ4v) is 1.77. The van der Waals surface area contributed by atoms with Crippen LogP contribution in [0.3, 0.4) is 0 Å². The molecule has 0 spiro atoms. The fraction of sp³-hybridized carbons (Fsp3) is 0.385. The predicted octanol–water partition coefficient (Wildman–Crippen LogP) is 1.50. The van der Waals surface area contributed by atoms with Crippen molar-refractivity contribution < 1.29 is 9.59 Å². The second kappa shape index (κ2) is 5.08. The zero-order valence-corrected chi connectivity index (χ0v) is 9.85. The van der Waals surface area contributed by atoms with Crippen molar-refractivity contribution in [1.82, 2.24) is 9.88 Å². The topological polar surface area (TPSA) is 50.3 Å². The Labute approximate surface area is 101 Å². The van der Waals surface area contributed by atoms with Gasteiger partial charge in [-0.2, -0.15) is 0 Å².